The number of hydrogen-bond acceptors (Lipinski definition) is 4. The van der Waals surface area contributed by atoms with Crippen LogP contribution in [0.4, 0.5) is 5.69 Å². The highest BCUT2D eigenvalue weighted by Gasteiger charge is 2.34. The van der Waals surface area contributed by atoms with Crippen molar-refractivity contribution in [2.24, 2.45) is 11.8 Å². The van der Waals surface area contributed by atoms with E-state index in [0.717, 1.165) is 12.0 Å². The minimum atomic E-state index is -3.78. The molecule has 1 saturated heterocycles. The highest BCUT2D eigenvalue weighted by atomic mass is 32.2. The first-order valence-electron chi connectivity index (χ1n) is 9.77. The molecule has 2 aromatic carbocycles. The molecule has 0 aromatic heterocycles. The molecule has 29 heavy (non-hydrogen) atoms. The average Bonchev–Trinajstić information content (AvgIpc) is 2.68. The monoisotopic (exact) mass is 416 g/mol. The molecule has 1 aliphatic heterocycles. The average molecular weight is 417 g/mol. The van der Waals surface area contributed by atoms with Crippen molar-refractivity contribution in [2.45, 2.75) is 32.1 Å². The zero-order chi connectivity index (χ0) is 21.2. The summed E-state index contributed by atoms with van der Waals surface area (Å²) in [4.78, 5) is 12.7. The van der Waals surface area contributed by atoms with Crippen molar-refractivity contribution < 1.29 is 17.9 Å². The van der Waals surface area contributed by atoms with Gasteiger partial charge in [0.05, 0.1) is 7.11 Å². The molecule has 1 fully saturated rings. The summed E-state index contributed by atoms with van der Waals surface area (Å²) in [6, 6.07) is 11.9. The Kier molecular flexibility index (Phi) is 6.29. The summed E-state index contributed by atoms with van der Waals surface area (Å²) >= 11 is 0. The highest BCUT2D eigenvalue weighted by Crippen LogP contribution is 2.32. The number of sulfonamides is 1. The molecule has 2 unspecified atom stereocenters. The third-order valence-corrected chi connectivity index (χ3v) is 7.04. The van der Waals surface area contributed by atoms with Crippen LogP contribution in [0.2, 0.25) is 0 Å². The van der Waals surface area contributed by atoms with Gasteiger partial charge in [0.25, 0.3) is 5.91 Å². The number of aryl methyl sites for hydroxylation is 1. The number of nitrogens with zero attached hydrogens (tertiary/aromatic N) is 1. The molecule has 1 aliphatic rings. The van der Waals surface area contributed by atoms with Gasteiger partial charge in [0.15, 0.2) is 0 Å². The SMILES string of the molecule is COc1ccc(C(=O)Nc2ccc(C)cc2)cc1S(=O)(=O)N1CC(C)CC(C)C1. The number of benzene rings is 2. The predicted molar refractivity (Wildman–Crippen MR) is 114 cm³/mol. The van der Waals surface area contributed by atoms with Crippen molar-refractivity contribution in [1.29, 1.82) is 0 Å². The number of piperidine rings is 1. The lowest BCUT2D eigenvalue weighted by Gasteiger charge is -2.34. The van der Waals surface area contributed by atoms with Crippen LogP contribution >= 0.6 is 0 Å². The molecule has 0 radical (unpaired) electrons. The molecule has 0 saturated carbocycles. The fourth-order valence-corrected chi connectivity index (χ4v) is 5.66. The van der Waals surface area contributed by atoms with E-state index in [4.69, 9.17) is 4.74 Å². The molecular weight excluding hydrogens is 388 g/mol. The number of anilines is 1. The first kappa shape index (κ1) is 21.3. The Morgan fingerprint density at radius 1 is 1.07 bits per heavy atom. The number of rotatable bonds is 5. The number of ether oxygens (including phenoxy) is 1. The summed E-state index contributed by atoms with van der Waals surface area (Å²) in [7, 11) is -2.34. The molecule has 2 atom stereocenters. The van der Waals surface area contributed by atoms with Gasteiger partial charge in [-0.3, -0.25) is 4.79 Å². The minimum Gasteiger partial charge on any atom is -0.495 e. The van der Waals surface area contributed by atoms with E-state index in [1.807, 2.05) is 31.2 Å². The lowest BCUT2D eigenvalue weighted by Crippen LogP contribution is -2.42. The molecule has 2 aromatic rings. The number of nitrogens with one attached hydrogen (secondary N) is 1. The number of methoxy groups -OCH3 is 1. The van der Waals surface area contributed by atoms with Crippen LogP contribution < -0.4 is 10.1 Å². The van der Waals surface area contributed by atoms with Gasteiger partial charge < -0.3 is 10.1 Å². The smallest absolute Gasteiger partial charge is 0.255 e. The fraction of sp³-hybridized carbons (Fsp3) is 0.409. The van der Waals surface area contributed by atoms with Crippen molar-refractivity contribution >= 4 is 21.6 Å². The van der Waals surface area contributed by atoms with Gasteiger partial charge in [-0.25, -0.2) is 8.42 Å². The van der Waals surface area contributed by atoms with Gasteiger partial charge >= 0.3 is 0 Å². The molecule has 156 valence electrons. The Hall–Kier alpha value is -2.38. The molecule has 0 spiro atoms. The minimum absolute atomic E-state index is 0.0258. The molecular formula is C22H28N2O4S. The Morgan fingerprint density at radius 2 is 1.69 bits per heavy atom. The van der Waals surface area contributed by atoms with Crippen molar-refractivity contribution in [3.63, 3.8) is 0 Å². The van der Waals surface area contributed by atoms with Crippen LogP contribution in [0.15, 0.2) is 47.4 Å². The summed E-state index contributed by atoms with van der Waals surface area (Å²) < 4.78 is 33.5. The van der Waals surface area contributed by atoms with Crippen molar-refractivity contribution in [3.8, 4) is 5.75 Å². The van der Waals surface area contributed by atoms with E-state index < -0.39 is 10.0 Å². The second-order valence-corrected chi connectivity index (χ2v) is 9.86. The van der Waals surface area contributed by atoms with E-state index in [1.165, 1.54) is 23.5 Å². The lowest BCUT2D eigenvalue weighted by molar-refractivity contribution is 0.102. The number of hydrogen-bond donors (Lipinski definition) is 1. The second kappa shape index (κ2) is 8.55. The van der Waals surface area contributed by atoms with Crippen LogP contribution in [0, 0.1) is 18.8 Å². The number of carbonyl (C=O) groups is 1. The van der Waals surface area contributed by atoms with Crippen LogP contribution in [-0.4, -0.2) is 38.8 Å². The normalized spacial score (nSPS) is 20.3. The third kappa shape index (κ3) is 4.79. The molecule has 1 N–H and O–H groups in total. The van der Waals surface area contributed by atoms with Gasteiger partial charge in [0.1, 0.15) is 10.6 Å². The standard InChI is InChI=1S/C22H28N2O4S/c1-15-5-8-19(9-6-15)23-22(25)18-7-10-20(28-4)21(12-18)29(26,27)24-13-16(2)11-17(3)14-24/h5-10,12,16-17H,11,13-14H2,1-4H3,(H,23,25). The molecule has 1 amide bonds. The van der Waals surface area contributed by atoms with Crippen molar-refractivity contribution in [3.05, 3.63) is 53.6 Å². The van der Waals surface area contributed by atoms with Crippen LogP contribution in [0.25, 0.3) is 0 Å². The van der Waals surface area contributed by atoms with Gasteiger partial charge in [-0.05, 0) is 55.5 Å². The molecule has 7 heteroatoms. The Morgan fingerprint density at radius 3 is 2.28 bits per heavy atom. The highest BCUT2D eigenvalue weighted by molar-refractivity contribution is 7.89. The summed E-state index contributed by atoms with van der Waals surface area (Å²) in [5.74, 6) is 0.441. The third-order valence-electron chi connectivity index (χ3n) is 5.19. The van der Waals surface area contributed by atoms with E-state index in [1.54, 1.807) is 6.07 Å². The molecule has 0 bridgehead atoms. The van der Waals surface area contributed by atoms with Gasteiger partial charge in [-0.15, -0.1) is 0 Å². The Labute approximate surface area is 172 Å². The maximum absolute atomic E-state index is 13.3. The molecule has 0 aliphatic carbocycles. The second-order valence-electron chi connectivity index (χ2n) is 7.95. The molecule has 3 rings (SSSR count). The van der Waals surface area contributed by atoms with Crippen LogP contribution in [-0.2, 0) is 10.0 Å². The topological polar surface area (TPSA) is 75.7 Å². The Bertz CT molecular complexity index is 976. The largest absolute Gasteiger partial charge is 0.495 e. The van der Waals surface area contributed by atoms with Gasteiger partial charge in [0.2, 0.25) is 10.0 Å². The first-order valence-corrected chi connectivity index (χ1v) is 11.2. The summed E-state index contributed by atoms with van der Waals surface area (Å²) in [6.45, 7) is 7.02. The van der Waals surface area contributed by atoms with Crippen LogP contribution in [0.3, 0.4) is 0 Å². The van der Waals surface area contributed by atoms with Crippen LogP contribution in [0.5, 0.6) is 5.75 Å². The fourth-order valence-electron chi connectivity index (χ4n) is 3.80. The predicted octanol–water partition coefficient (Wildman–Crippen LogP) is 3.92. The zero-order valence-corrected chi connectivity index (χ0v) is 18.1. The van der Waals surface area contributed by atoms with Gasteiger partial charge in [0, 0.05) is 24.3 Å². The van der Waals surface area contributed by atoms with E-state index in [-0.39, 0.29) is 34.0 Å². The maximum atomic E-state index is 13.3. The molecule has 1 heterocycles. The summed E-state index contributed by atoms with van der Waals surface area (Å²) in [5, 5.41) is 2.81. The Balaban J connectivity index is 1.92. The van der Waals surface area contributed by atoms with Crippen molar-refractivity contribution in [2.75, 3.05) is 25.5 Å². The quantitative estimate of drug-likeness (QED) is 0.801. The number of amides is 1. The van der Waals surface area contributed by atoms with E-state index in [0.29, 0.717) is 18.8 Å². The lowest BCUT2D eigenvalue weighted by atomic mass is 9.94. The van der Waals surface area contributed by atoms with E-state index >= 15 is 0 Å². The summed E-state index contributed by atoms with van der Waals surface area (Å²) in [6.07, 6.45) is 1.00. The van der Waals surface area contributed by atoms with Crippen LogP contribution in [0.1, 0.15) is 36.2 Å². The van der Waals surface area contributed by atoms with Gasteiger partial charge in [-0.2, -0.15) is 4.31 Å². The zero-order valence-electron chi connectivity index (χ0n) is 17.3. The van der Waals surface area contributed by atoms with Gasteiger partial charge in [-0.1, -0.05) is 31.5 Å². The maximum Gasteiger partial charge on any atom is 0.255 e. The summed E-state index contributed by atoms with van der Waals surface area (Å²) in [5.41, 5.74) is 2.01. The van der Waals surface area contributed by atoms with E-state index in [2.05, 4.69) is 19.2 Å². The number of carbonyl (C=O) groups excluding carboxylic acids is 1. The van der Waals surface area contributed by atoms with Crippen molar-refractivity contribution in [1.82, 2.24) is 4.31 Å². The van der Waals surface area contributed by atoms with E-state index in [9.17, 15) is 13.2 Å². The molecule has 6 nitrogen and oxygen atoms in total. The first-order chi connectivity index (χ1) is 13.7.